The van der Waals surface area contributed by atoms with E-state index in [4.69, 9.17) is 9.47 Å². The van der Waals surface area contributed by atoms with Gasteiger partial charge >= 0.3 is 0 Å². The smallest absolute Gasteiger partial charge is 0.253 e. The van der Waals surface area contributed by atoms with E-state index in [0.29, 0.717) is 50.4 Å². The van der Waals surface area contributed by atoms with E-state index in [2.05, 4.69) is 57.2 Å². The van der Waals surface area contributed by atoms with E-state index >= 15 is 0 Å². The molecule has 0 aliphatic heterocycles. The molecule has 6 nitrogen and oxygen atoms in total. The Morgan fingerprint density at radius 2 is 1.82 bits per heavy atom. The highest BCUT2D eigenvalue weighted by Gasteiger charge is 2.16. The Hall–Kier alpha value is -1.37. The van der Waals surface area contributed by atoms with Crippen molar-refractivity contribution in [2.75, 3.05) is 52.3 Å². The maximum Gasteiger partial charge on any atom is 0.253 e. The molecule has 0 heterocycles. The third-order valence-electron chi connectivity index (χ3n) is 4.37. The van der Waals surface area contributed by atoms with E-state index in [1.54, 1.807) is 26.5 Å². The lowest BCUT2D eigenvalue weighted by atomic mass is 10.1. The summed E-state index contributed by atoms with van der Waals surface area (Å²) in [5.74, 6) is 4.44. The number of amides is 1. The second-order valence-corrected chi connectivity index (χ2v) is 10.8. The second-order valence-electron chi connectivity index (χ2n) is 8.13. The van der Waals surface area contributed by atoms with Gasteiger partial charge in [-0.15, -0.1) is 0 Å². The summed E-state index contributed by atoms with van der Waals surface area (Å²) >= 11 is 0. The van der Waals surface area contributed by atoms with Crippen LogP contribution in [0.3, 0.4) is 0 Å². The van der Waals surface area contributed by atoms with Gasteiger partial charge in [-0.05, 0) is 17.7 Å². The number of carbonyl (C=O) groups is 1. The van der Waals surface area contributed by atoms with E-state index in [9.17, 15) is 4.79 Å². The first-order valence-electron chi connectivity index (χ1n) is 11.6. The second kappa shape index (κ2) is 18.0. The van der Waals surface area contributed by atoms with E-state index in [1.807, 2.05) is 31.3 Å². The summed E-state index contributed by atoms with van der Waals surface area (Å²) in [6.07, 6.45) is 0. The van der Waals surface area contributed by atoms with Gasteiger partial charge in [0.15, 0.2) is 0 Å². The molecule has 0 fully saturated rings. The summed E-state index contributed by atoms with van der Waals surface area (Å²) in [5, 5.41) is 6.38. The Bertz CT molecular complexity index is 718. The van der Waals surface area contributed by atoms with Crippen LogP contribution in [-0.2, 0) is 9.47 Å². The fraction of sp³-hybridized carbons (Fsp3) is 0.640. The molecule has 0 bridgehead atoms. The molecular weight excluding hydrogens is 454 g/mol. The normalized spacial score (nSPS) is 11.9. The number of nitrogens with one attached hydrogen (secondary N) is 2. The van der Waals surface area contributed by atoms with Gasteiger partial charge in [-0.1, -0.05) is 74.3 Å². The number of ether oxygens (including phenoxy) is 2. The van der Waals surface area contributed by atoms with Crippen LogP contribution in [0.15, 0.2) is 24.3 Å². The minimum Gasteiger partial charge on any atom is -0.377 e. The Labute approximate surface area is 208 Å². The first-order valence-corrected chi connectivity index (χ1v) is 14.0. The SMILES string of the molecule is CCSSC(OCCOCCNC#CC(C)C)c1ccc(C(=O)N(C)CCNC(C)C)cc1. The van der Waals surface area contributed by atoms with Crippen LogP contribution in [0.5, 0.6) is 0 Å². The molecule has 0 radical (unpaired) electrons. The zero-order chi connectivity index (χ0) is 24.5. The monoisotopic (exact) mass is 495 g/mol. The first-order chi connectivity index (χ1) is 15.8. The maximum absolute atomic E-state index is 12.7. The predicted molar refractivity (Wildman–Crippen MR) is 142 cm³/mol. The van der Waals surface area contributed by atoms with Gasteiger partial charge in [-0.2, -0.15) is 0 Å². The molecule has 1 unspecified atom stereocenters. The van der Waals surface area contributed by atoms with Crippen LogP contribution >= 0.6 is 21.6 Å². The number of hydrogen-bond acceptors (Lipinski definition) is 7. The first kappa shape index (κ1) is 29.7. The van der Waals surface area contributed by atoms with Crippen molar-refractivity contribution < 1.29 is 14.3 Å². The van der Waals surface area contributed by atoms with Crippen LogP contribution in [0.4, 0.5) is 0 Å². The van der Waals surface area contributed by atoms with Crippen molar-refractivity contribution in [1.29, 1.82) is 0 Å². The molecule has 1 aromatic rings. The van der Waals surface area contributed by atoms with Crippen molar-refractivity contribution >= 4 is 27.5 Å². The average molecular weight is 496 g/mol. The number of benzene rings is 1. The third kappa shape index (κ3) is 13.8. The van der Waals surface area contributed by atoms with Crippen LogP contribution in [0.1, 0.15) is 56.0 Å². The number of hydrogen-bond donors (Lipinski definition) is 2. The fourth-order valence-corrected chi connectivity index (χ4v) is 4.59. The van der Waals surface area contributed by atoms with Crippen LogP contribution in [0.2, 0.25) is 0 Å². The molecule has 0 aliphatic rings. The van der Waals surface area contributed by atoms with Gasteiger partial charge in [0.05, 0.1) is 19.8 Å². The van der Waals surface area contributed by atoms with Gasteiger partial charge in [-0.3, -0.25) is 4.79 Å². The van der Waals surface area contributed by atoms with Crippen LogP contribution < -0.4 is 10.6 Å². The summed E-state index contributed by atoms with van der Waals surface area (Å²) in [7, 11) is 5.29. The summed E-state index contributed by atoms with van der Waals surface area (Å²) < 4.78 is 11.7. The Morgan fingerprint density at radius 1 is 1.09 bits per heavy atom. The van der Waals surface area contributed by atoms with Crippen molar-refractivity contribution in [3.8, 4) is 12.0 Å². The number of likely N-dealkylation sites (N-methyl/N-ethyl adjacent to an activating group) is 1. The van der Waals surface area contributed by atoms with Crippen molar-refractivity contribution in [2.45, 2.75) is 46.1 Å². The highest BCUT2D eigenvalue weighted by atomic mass is 33.1. The Morgan fingerprint density at radius 3 is 2.45 bits per heavy atom. The Kier molecular flexibility index (Phi) is 16.2. The van der Waals surface area contributed by atoms with E-state index in [0.717, 1.165) is 17.9 Å². The molecule has 1 aromatic carbocycles. The minimum atomic E-state index is -0.106. The molecule has 1 rings (SSSR count). The standard InChI is InChI=1S/C25H41N3O3S2/c1-7-32-33-25(31-19-18-30-17-15-26-13-12-20(2)3)23-10-8-22(9-11-23)24(29)28(6)16-14-27-21(4)5/h8-11,20-21,25-27H,7,14-19H2,1-6H3. The number of nitrogens with zero attached hydrogens (tertiary/aromatic N) is 1. The van der Waals surface area contributed by atoms with Gasteiger partial charge in [-0.25, -0.2) is 0 Å². The molecule has 8 heteroatoms. The maximum atomic E-state index is 12.7. The molecule has 2 N–H and O–H groups in total. The molecular formula is C25H41N3O3S2. The van der Waals surface area contributed by atoms with Gasteiger partial charge in [0.1, 0.15) is 5.44 Å². The molecule has 1 atom stereocenters. The van der Waals surface area contributed by atoms with Crippen LogP contribution in [0.25, 0.3) is 0 Å². The van der Waals surface area contributed by atoms with E-state index in [-0.39, 0.29) is 11.3 Å². The largest absolute Gasteiger partial charge is 0.377 e. The summed E-state index contributed by atoms with van der Waals surface area (Å²) in [4.78, 5) is 14.4. The number of carbonyl (C=O) groups excluding carboxylic acids is 1. The van der Waals surface area contributed by atoms with E-state index < -0.39 is 0 Å². The summed E-state index contributed by atoms with van der Waals surface area (Å²) in [6, 6.07) is 11.1. The minimum absolute atomic E-state index is 0.0280. The van der Waals surface area contributed by atoms with Crippen molar-refractivity contribution in [2.24, 2.45) is 5.92 Å². The molecule has 33 heavy (non-hydrogen) atoms. The van der Waals surface area contributed by atoms with Crippen molar-refractivity contribution in [3.05, 3.63) is 35.4 Å². The fourth-order valence-electron chi connectivity index (χ4n) is 2.63. The average Bonchev–Trinajstić information content (AvgIpc) is 2.79. The lowest BCUT2D eigenvalue weighted by Gasteiger charge is -2.20. The topological polar surface area (TPSA) is 62.8 Å². The predicted octanol–water partition coefficient (Wildman–Crippen LogP) is 4.40. The molecule has 0 aliphatic carbocycles. The lowest BCUT2D eigenvalue weighted by molar-refractivity contribution is 0.0392. The molecule has 1 amide bonds. The highest BCUT2D eigenvalue weighted by Crippen LogP contribution is 2.38. The number of rotatable bonds is 16. The van der Waals surface area contributed by atoms with Gasteiger partial charge in [0.25, 0.3) is 5.91 Å². The third-order valence-corrected chi connectivity index (χ3v) is 6.96. The zero-order valence-electron chi connectivity index (χ0n) is 21.0. The van der Waals surface area contributed by atoms with Crippen molar-refractivity contribution in [3.63, 3.8) is 0 Å². The van der Waals surface area contributed by atoms with Gasteiger partial charge in [0, 0.05) is 56.0 Å². The Balaban J connectivity index is 2.49. The van der Waals surface area contributed by atoms with Crippen LogP contribution in [0, 0.1) is 17.9 Å². The van der Waals surface area contributed by atoms with Crippen molar-refractivity contribution in [1.82, 2.24) is 15.5 Å². The zero-order valence-corrected chi connectivity index (χ0v) is 22.6. The van der Waals surface area contributed by atoms with Gasteiger partial charge in [0.2, 0.25) is 0 Å². The van der Waals surface area contributed by atoms with Crippen LogP contribution in [-0.4, -0.2) is 69.1 Å². The quantitative estimate of drug-likeness (QED) is 0.116. The van der Waals surface area contributed by atoms with Gasteiger partial charge < -0.3 is 25.0 Å². The molecule has 0 saturated carbocycles. The van der Waals surface area contributed by atoms with E-state index in [1.165, 1.54) is 0 Å². The molecule has 0 saturated heterocycles. The highest BCUT2D eigenvalue weighted by molar-refractivity contribution is 8.76. The molecule has 0 aromatic heterocycles. The molecule has 186 valence electrons. The lowest BCUT2D eigenvalue weighted by Crippen LogP contribution is -2.36. The summed E-state index contributed by atoms with van der Waals surface area (Å²) in [6.45, 7) is 14.2. The molecule has 0 spiro atoms. The summed E-state index contributed by atoms with van der Waals surface area (Å²) in [5.41, 5.74) is 1.63.